The molecule has 24 heavy (non-hydrogen) atoms. The van der Waals surface area contributed by atoms with E-state index in [1.165, 1.54) is 24.3 Å². The number of rotatable bonds is 3. The third kappa shape index (κ3) is 2.58. The lowest BCUT2D eigenvalue weighted by Crippen LogP contribution is -2.02. The van der Waals surface area contributed by atoms with Crippen LogP contribution in [0, 0.1) is 18.6 Å². The van der Waals surface area contributed by atoms with Crippen molar-refractivity contribution in [1.82, 2.24) is 9.55 Å². The van der Waals surface area contributed by atoms with Crippen LogP contribution in [0.3, 0.4) is 0 Å². The average molecular weight is 324 g/mol. The SMILES string of the molecule is Cc1ccc(-c2nc3cc(F)ccc3n2Cc2cccc(F)c2)o1. The van der Waals surface area contributed by atoms with Gasteiger partial charge in [-0.2, -0.15) is 0 Å². The fourth-order valence-electron chi connectivity index (χ4n) is 2.82. The highest BCUT2D eigenvalue weighted by atomic mass is 19.1. The van der Waals surface area contributed by atoms with Gasteiger partial charge in [-0.15, -0.1) is 0 Å². The fraction of sp³-hybridized carbons (Fsp3) is 0.105. The molecule has 5 heteroatoms. The highest BCUT2D eigenvalue weighted by Gasteiger charge is 2.16. The molecule has 0 bridgehead atoms. The van der Waals surface area contributed by atoms with Crippen molar-refractivity contribution >= 4 is 11.0 Å². The molecule has 4 rings (SSSR count). The number of aryl methyl sites for hydroxylation is 1. The van der Waals surface area contributed by atoms with Crippen molar-refractivity contribution in [2.24, 2.45) is 0 Å². The molecule has 2 heterocycles. The summed E-state index contributed by atoms with van der Waals surface area (Å²) >= 11 is 0. The number of hydrogen-bond donors (Lipinski definition) is 0. The Morgan fingerprint density at radius 2 is 1.83 bits per heavy atom. The summed E-state index contributed by atoms with van der Waals surface area (Å²) in [6.07, 6.45) is 0. The quantitative estimate of drug-likeness (QED) is 0.535. The van der Waals surface area contributed by atoms with Crippen LogP contribution >= 0.6 is 0 Å². The Morgan fingerprint density at radius 1 is 1.00 bits per heavy atom. The normalized spacial score (nSPS) is 11.3. The molecule has 0 aliphatic heterocycles. The zero-order chi connectivity index (χ0) is 16.7. The maximum absolute atomic E-state index is 13.5. The fourth-order valence-corrected chi connectivity index (χ4v) is 2.82. The van der Waals surface area contributed by atoms with E-state index in [0.717, 1.165) is 16.8 Å². The molecule has 120 valence electrons. The van der Waals surface area contributed by atoms with Gasteiger partial charge in [0.15, 0.2) is 11.6 Å². The Balaban J connectivity index is 1.90. The van der Waals surface area contributed by atoms with Crippen molar-refractivity contribution in [2.75, 3.05) is 0 Å². The Morgan fingerprint density at radius 3 is 2.58 bits per heavy atom. The minimum absolute atomic E-state index is 0.293. The molecule has 2 aromatic carbocycles. The number of benzene rings is 2. The minimum Gasteiger partial charge on any atom is -0.458 e. The van der Waals surface area contributed by atoms with Gasteiger partial charge in [0, 0.05) is 12.6 Å². The number of imidazole rings is 1. The molecule has 0 atom stereocenters. The second-order valence-corrected chi connectivity index (χ2v) is 5.69. The highest BCUT2D eigenvalue weighted by Crippen LogP contribution is 2.28. The molecule has 0 aliphatic carbocycles. The number of hydrogen-bond acceptors (Lipinski definition) is 2. The predicted molar refractivity (Wildman–Crippen MR) is 87.6 cm³/mol. The largest absolute Gasteiger partial charge is 0.458 e. The van der Waals surface area contributed by atoms with Crippen molar-refractivity contribution in [1.29, 1.82) is 0 Å². The molecule has 0 aliphatic rings. The Bertz CT molecular complexity index is 1030. The van der Waals surface area contributed by atoms with E-state index in [0.29, 0.717) is 23.6 Å². The standard InChI is InChI=1S/C19H14F2N2O/c1-12-5-8-18(24-12)19-22-16-10-15(21)6-7-17(16)23(19)11-13-3-2-4-14(20)9-13/h2-10H,11H2,1H3. The first kappa shape index (κ1) is 14.6. The second kappa shape index (κ2) is 5.60. The summed E-state index contributed by atoms with van der Waals surface area (Å²) in [5.74, 6) is 1.31. The summed E-state index contributed by atoms with van der Waals surface area (Å²) in [7, 11) is 0. The number of fused-ring (bicyclic) bond motifs is 1. The lowest BCUT2D eigenvalue weighted by molar-refractivity contribution is 0.540. The number of aromatic nitrogens is 2. The van der Waals surface area contributed by atoms with Crippen LogP contribution in [-0.2, 0) is 6.54 Å². The van der Waals surface area contributed by atoms with Crippen LogP contribution in [-0.4, -0.2) is 9.55 Å². The molecule has 0 saturated carbocycles. The minimum atomic E-state index is -0.347. The first-order valence-electron chi connectivity index (χ1n) is 7.57. The van der Waals surface area contributed by atoms with E-state index < -0.39 is 0 Å². The van der Waals surface area contributed by atoms with Gasteiger partial charge in [-0.05, 0) is 48.9 Å². The van der Waals surface area contributed by atoms with Crippen molar-refractivity contribution in [2.45, 2.75) is 13.5 Å². The highest BCUT2D eigenvalue weighted by molar-refractivity contribution is 5.80. The van der Waals surface area contributed by atoms with E-state index in [-0.39, 0.29) is 11.6 Å². The van der Waals surface area contributed by atoms with Crippen LogP contribution < -0.4 is 0 Å². The van der Waals surface area contributed by atoms with Gasteiger partial charge < -0.3 is 8.98 Å². The lowest BCUT2D eigenvalue weighted by atomic mass is 10.2. The van der Waals surface area contributed by atoms with Gasteiger partial charge in [-0.3, -0.25) is 0 Å². The third-order valence-electron chi connectivity index (χ3n) is 3.90. The van der Waals surface area contributed by atoms with Gasteiger partial charge in [0.2, 0.25) is 0 Å². The van der Waals surface area contributed by atoms with E-state index in [1.54, 1.807) is 12.1 Å². The maximum Gasteiger partial charge on any atom is 0.177 e. The Labute approximate surface area is 137 Å². The van der Waals surface area contributed by atoms with Crippen LogP contribution in [0.2, 0.25) is 0 Å². The van der Waals surface area contributed by atoms with Crippen molar-refractivity contribution in [3.8, 4) is 11.6 Å². The van der Waals surface area contributed by atoms with Crippen molar-refractivity contribution in [3.05, 3.63) is 77.6 Å². The second-order valence-electron chi connectivity index (χ2n) is 5.69. The van der Waals surface area contributed by atoms with Crippen molar-refractivity contribution in [3.63, 3.8) is 0 Å². The predicted octanol–water partition coefficient (Wildman–Crippen LogP) is 4.93. The van der Waals surface area contributed by atoms with Crippen molar-refractivity contribution < 1.29 is 13.2 Å². The van der Waals surface area contributed by atoms with Gasteiger partial charge >= 0.3 is 0 Å². The van der Waals surface area contributed by atoms with Crippen LogP contribution in [0.15, 0.2) is 59.0 Å². The number of nitrogens with zero attached hydrogens (tertiary/aromatic N) is 2. The molecule has 0 radical (unpaired) electrons. The van der Waals surface area contributed by atoms with Crippen LogP contribution in [0.5, 0.6) is 0 Å². The summed E-state index contributed by atoms with van der Waals surface area (Å²) in [6, 6.07) is 14.5. The first-order chi connectivity index (χ1) is 11.6. The monoisotopic (exact) mass is 324 g/mol. The lowest BCUT2D eigenvalue weighted by Gasteiger charge is -2.08. The smallest absolute Gasteiger partial charge is 0.177 e. The van der Waals surface area contributed by atoms with E-state index in [1.807, 2.05) is 29.7 Å². The van der Waals surface area contributed by atoms with Crippen LogP contribution in [0.1, 0.15) is 11.3 Å². The van der Waals surface area contributed by atoms with Crippen LogP contribution in [0.4, 0.5) is 8.78 Å². The Kier molecular flexibility index (Phi) is 3.41. The van der Waals surface area contributed by atoms with E-state index in [9.17, 15) is 8.78 Å². The zero-order valence-corrected chi connectivity index (χ0v) is 13.0. The average Bonchev–Trinajstić information content (AvgIpc) is 3.11. The van der Waals surface area contributed by atoms with Gasteiger partial charge in [-0.1, -0.05) is 12.1 Å². The Hall–Kier alpha value is -2.95. The zero-order valence-electron chi connectivity index (χ0n) is 13.0. The maximum atomic E-state index is 13.5. The summed E-state index contributed by atoms with van der Waals surface area (Å²) in [4.78, 5) is 4.51. The third-order valence-corrected chi connectivity index (χ3v) is 3.90. The number of halogens is 2. The topological polar surface area (TPSA) is 31.0 Å². The summed E-state index contributed by atoms with van der Waals surface area (Å²) in [6.45, 7) is 2.26. The van der Waals surface area contributed by atoms with Gasteiger partial charge in [0.25, 0.3) is 0 Å². The molecular formula is C19H14F2N2O. The van der Waals surface area contributed by atoms with E-state index in [2.05, 4.69) is 4.98 Å². The summed E-state index contributed by atoms with van der Waals surface area (Å²) < 4.78 is 34.6. The molecule has 0 N–H and O–H groups in total. The molecule has 0 spiro atoms. The summed E-state index contributed by atoms with van der Waals surface area (Å²) in [5.41, 5.74) is 2.10. The molecule has 2 aromatic heterocycles. The molecule has 4 aromatic rings. The van der Waals surface area contributed by atoms with Crippen LogP contribution in [0.25, 0.3) is 22.6 Å². The first-order valence-corrected chi connectivity index (χ1v) is 7.57. The molecule has 0 unspecified atom stereocenters. The number of furan rings is 1. The molecular weight excluding hydrogens is 310 g/mol. The van der Waals surface area contributed by atoms with Gasteiger partial charge in [-0.25, -0.2) is 13.8 Å². The summed E-state index contributed by atoms with van der Waals surface area (Å²) in [5, 5.41) is 0. The van der Waals surface area contributed by atoms with Gasteiger partial charge in [0.05, 0.1) is 11.0 Å². The molecule has 3 nitrogen and oxygen atoms in total. The molecule has 0 fully saturated rings. The molecule has 0 saturated heterocycles. The van der Waals surface area contributed by atoms with E-state index >= 15 is 0 Å². The van der Waals surface area contributed by atoms with Gasteiger partial charge in [0.1, 0.15) is 17.4 Å². The molecule has 0 amide bonds. The van der Waals surface area contributed by atoms with E-state index in [4.69, 9.17) is 4.42 Å².